The van der Waals surface area contributed by atoms with Gasteiger partial charge < -0.3 is 29.2 Å². The van der Waals surface area contributed by atoms with Gasteiger partial charge in [-0.1, -0.05) is 0 Å². The molecule has 3 rings (SSSR count). The van der Waals surface area contributed by atoms with Gasteiger partial charge in [-0.15, -0.1) is 0 Å². The highest BCUT2D eigenvalue weighted by molar-refractivity contribution is 5.85. The number of ether oxygens (including phenoxy) is 2. The SMILES string of the molecule is COc1ccc2c(c1)c(CCNC(C)=O)cn2CCOC[NH+]1CC[NH+](C)CC1. The summed E-state index contributed by atoms with van der Waals surface area (Å²) in [4.78, 5) is 14.3. The second-order valence-electron chi connectivity index (χ2n) is 7.72. The minimum Gasteiger partial charge on any atom is -0.497 e. The van der Waals surface area contributed by atoms with Crippen LogP contribution in [0, 0.1) is 0 Å². The van der Waals surface area contributed by atoms with E-state index in [0.29, 0.717) is 13.2 Å². The Bertz CT molecular complexity index is 781. The maximum atomic E-state index is 11.2. The molecule has 28 heavy (non-hydrogen) atoms. The van der Waals surface area contributed by atoms with Crippen LogP contribution in [0.3, 0.4) is 0 Å². The third kappa shape index (κ3) is 5.47. The Hall–Kier alpha value is -2.09. The van der Waals surface area contributed by atoms with E-state index in [2.05, 4.69) is 35.3 Å². The third-order valence-corrected chi connectivity index (χ3v) is 5.53. The molecule has 0 spiro atoms. The molecule has 1 fully saturated rings. The standard InChI is InChI=1S/C21H32N4O3/c1-17(26)22-7-6-18-15-25(21-5-4-19(27-3)14-20(18)21)12-13-28-16-24-10-8-23(2)9-11-24/h4-5,14-15H,6-13,16H2,1-3H3,(H,22,26)/p+2. The summed E-state index contributed by atoms with van der Waals surface area (Å²) in [6.07, 6.45) is 2.98. The van der Waals surface area contributed by atoms with Crippen molar-refractivity contribution in [1.82, 2.24) is 9.88 Å². The number of carbonyl (C=O) groups excluding carboxylic acids is 1. The first-order valence-electron chi connectivity index (χ1n) is 10.2. The summed E-state index contributed by atoms with van der Waals surface area (Å²) >= 11 is 0. The average molecular weight is 391 g/mol. The molecular formula is C21H34N4O3+2. The van der Waals surface area contributed by atoms with Gasteiger partial charge in [-0.05, 0) is 30.2 Å². The molecule has 2 heterocycles. The number of quaternary nitrogens is 2. The summed E-state index contributed by atoms with van der Waals surface area (Å²) in [6, 6.07) is 6.17. The van der Waals surface area contributed by atoms with Gasteiger partial charge in [0.25, 0.3) is 0 Å². The molecular weight excluding hydrogens is 356 g/mol. The fourth-order valence-corrected chi connectivity index (χ4v) is 3.79. The van der Waals surface area contributed by atoms with Crippen molar-refractivity contribution < 1.29 is 24.1 Å². The van der Waals surface area contributed by atoms with Gasteiger partial charge in [-0.25, -0.2) is 0 Å². The molecule has 1 aromatic heterocycles. The van der Waals surface area contributed by atoms with E-state index in [0.717, 1.165) is 25.4 Å². The van der Waals surface area contributed by atoms with Crippen LogP contribution in [-0.2, 0) is 22.5 Å². The number of carbonyl (C=O) groups is 1. The molecule has 154 valence electrons. The number of methoxy groups -OCH3 is 1. The molecule has 0 bridgehead atoms. The van der Waals surface area contributed by atoms with E-state index in [9.17, 15) is 4.79 Å². The minimum atomic E-state index is 0.00252. The van der Waals surface area contributed by atoms with Crippen LogP contribution >= 0.6 is 0 Å². The van der Waals surface area contributed by atoms with Crippen molar-refractivity contribution in [3.63, 3.8) is 0 Å². The molecule has 1 aromatic carbocycles. The summed E-state index contributed by atoms with van der Waals surface area (Å²) in [5.41, 5.74) is 2.40. The van der Waals surface area contributed by atoms with Gasteiger partial charge in [0, 0.05) is 37.1 Å². The van der Waals surface area contributed by atoms with Gasteiger partial charge in [0.05, 0.1) is 20.8 Å². The summed E-state index contributed by atoms with van der Waals surface area (Å²) in [6.45, 7) is 9.31. The van der Waals surface area contributed by atoms with E-state index in [-0.39, 0.29) is 5.91 Å². The van der Waals surface area contributed by atoms with Crippen LogP contribution in [-0.4, -0.2) is 70.7 Å². The number of hydrogen-bond acceptors (Lipinski definition) is 3. The van der Waals surface area contributed by atoms with E-state index in [1.54, 1.807) is 23.8 Å². The number of piperazine rings is 1. The number of nitrogens with zero attached hydrogens (tertiary/aromatic N) is 1. The molecule has 1 amide bonds. The molecule has 0 atom stereocenters. The lowest BCUT2D eigenvalue weighted by molar-refractivity contribution is -1.01. The van der Waals surface area contributed by atoms with E-state index in [1.807, 2.05) is 6.07 Å². The van der Waals surface area contributed by atoms with Crippen molar-refractivity contribution in [2.24, 2.45) is 0 Å². The highest BCUT2D eigenvalue weighted by Crippen LogP contribution is 2.26. The number of fused-ring (bicyclic) bond motifs is 1. The molecule has 0 aliphatic carbocycles. The number of aromatic nitrogens is 1. The highest BCUT2D eigenvalue weighted by Gasteiger charge is 2.19. The van der Waals surface area contributed by atoms with Gasteiger partial charge in [-0.3, -0.25) is 4.79 Å². The Labute approximate surface area is 167 Å². The lowest BCUT2D eigenvalue weighted by atomic mass is 10.1. The van der Waals surface area contributed by atoms with E-state index in [1.165, 1.54) is 42.6 Å². The first-order chi connectivity index (χ1) is 13.6. The normalized spacial score (nSPS) is 19.7. The predicted octanol–water partition coefficient (Wildman–Crippen LogP) is -1.28. The molecule has 0 unspecified atom stereocenters. The molecule has 0 saturated carbocycles. The molecule has 3 N–H and O–H groups in total. The molecule has 1 saturated heterocycles. The molecule has 1 aliphatic heterocycles. The van der Waals surface area contributed by atoms with Crippen LogP contribution in [0.4, 0.5) is 0 Å². The fourth-order valence-electron chi connectivity index (χ4n) is 3.79. The zero-order valence-electron chi connectivity index (χ0n) is 17.3. The fraction of sp³-hybridized carbons (Fsp3) is 0.571. The topological polar surface area (TPSA) is 61.4 Å². The summed E-state index contributed by atoms with van der Waals surface area (Å²) < 4.78 is 13.6. The van der Waals surface area contributed by atoms with Crippen LogP contribution in [0.2, 0.25) is 0 Å². The highest BCUT2D eigenvalue weighted by atomic mass is 16.5. The minimum absolute atomic E-state index is 0.00252. The van der Waals surface area contributed by atoms with E-state index < -0.39 is 0 Å². The van der Waals surface area contributed by atoms with Gasteiger partial charge in [-0.2, -0.15) is 0 Å². The molecule has 7 nitrogen and oxygen atoms in total. The van der Waals surface area contributed by atoms with Crippen molar-refractivity contribution >= 4 is 16.8 Å². The van der Waals surface area contributed by atoms with Gasteiger partial charge in [0.1, 0.15) is 31.9 Å². The first-order valence-corrected chi connectivity index (χ1v) is 10.2. The largest absolute Gasteiger partial charge is 0.497 e. The van der Waals surface area contributed by atoms with Gasteiger partial charge >= 0.3 is 0 Å². The maximum Gasteiger partial charge on any atom is 0.216 e. The molecule has 1 aliphatic rings. The molecule has 0 radical (unpaired) electrons. The zero-order chi connectivity index (χ0) is 19.9. The van der Waals surface area contributed by atoms with Crippen molar-refractivity contribution in [3.8, 4) is 5.75 Å². The second kappa shape index (κ2) is 9.91. The second-order valence-corrected chi connectivity index (χ2v) is 7.72. The Morgan fingerprint density at radius 2 is 2.04 bits per heavy atom. The Balaban J connectivity index is 1.60. The van der Waals surface area contributed by atoms with Crippen molar-refractivity contribution in [2.75, 3.05) is 60.2 Å². The van der Waals surface area contributed by atoms with Crippen molar-refractivity contribution in [3.05, 3.63) is 30.0 Å². The quantitative estimate of drug-likeness (QED) is 0.467. The van der Waals surface area contributed by atoms with E-state index in [4.69, 9.17) is 9.47 Å². The van der Waals surface area contributed by atoms with Crippen molar-refractivity contribution in [2.45, 2.75) is 19.9 Å². The number of likely N-dealkylation sites (N-methyl/N-ethyl adjacent to an activating group) is 1. The maximum absolute atomic E-state index is 11.2. The number of amides is 1. The van der Waals surface area contributed by atoms with Gasteiger partial charge in [0.15, 0.2) is 6.73 Å². The lowest BCUT2D eigenvalue weighted by Gasteiger charge is -2.26. The lowest BCUT2D eigenvalue weighted by Crippen LogP contribution is -3.27. The summed E-state index contributed by atoms with van der Waals surface area (Å²) in [7, 11) is 3.94. The zero-order valence-corrected chi connectivity index (χ0v) is 17.3. The summed E-state index contributed by atoms with van der Waals surface area (Å²) in [5.74, 6) is 0.853. The Morgan fingerprint density at radius 3 is 2.75 bits per heavy atom. The Kier molecular flexibility index (Phi) is 7.30. The number of rotatable bonds is 9. The third-order valence-electron chi connectivity index (χ3n) is 5.53. The number of nitrogens with one attached hydrogen (secondary N) is 3. The smallest absolute Gasteiger partial charge is 0.216 e. The van der Waals surface area contributed by atoms with Gasteiger partial charge in [0.2, 0.25) is 5.91 Å². The van der Waals surface area contributed by atoms with Crippen LogP contribution in [0.5, 0.6) is 5.75 Å². The van der Waals surface area contributed by atoms with Crippen molar-refractivity contribution in [1.29, 1.82) is 0 Å². The monoisotopic (exact) mass is 390 g/mol. The number of hydrogen-bond donors (Lipinski definition) is 3. The first kappa shape index (κ1) is 20.6. The molecule has 7 heteroatoms. The van der Waals surface area contributed by atoms with Crippen LogP contribution < -0.4 is 19.9 Å². The predicted molar refractivity (Wildman–Crippen MR) is 109 cm³/mol. The van der Waals surface area contributed by atoms with E-state index >= 15 is 0 Å². The Morgan fingerprint density at radius 1 is 1.25 bits per heavy atom. The van der Waals surface area contributed by atoms with Crippen LogP contribution in [0.25, 0.3) is 10.9 Å². The number of benzene rings is 1. The molecule has 2 aromatic rings. The van der Waals surface area contributed by atoms with Crippen LogP contribution in [0.1, 0.15) is 12.5 Å². The summed E-state index contributed by atoms with van der Waals surface area (Å²) in [5, 5.41) is 4.06. The average Bonchev–Trinajstić information content (AvgIpc) is 3.03. The van der Waals surface area contributed by atoms with Crippen LogP contribution in [0.15, 0.2) is 24.4 Å².